The second-order valence-electron chi connectivity index (χ2n) is 0.789. The highest BCUT2D eigenvalue weighted by Gasteiger charge is 1.67. The van der Waals surface area contributed by atoms with Crippen molar-refractivity contribution in [2.75, 3.05) is 0 Å². The van der Waals surface area contributed by atoms with Crippen molar-refractivity contribution in [1.29, 1.82) is 0 Å². The summed E-state index contributed by atoms with van der Waals surface area (Å²) in [6.45, 7) is 2.12. The van der Waals surface area contributed by atoms with Crippen LogP contribution in [0.1, 0.15) is 6.92 Å². The van der Waals surface area contributed by atoms with Crippen LogP contribution >= 0.6 is 0 Å². The number of hydrogen-bond acceptors (Lipinski definition) is 1. The fourth-order valence-corrected chi connectivity index (χ4v) is 0. The fraction of sp³-hybridized carbons (Fsp3) is 1.00. The van der Waals surface area contributed by atoms with E-state index in [4.69, 9.17) is 4.72 Å². The topological polar surface area (TPSA) is 26.0 Å². The first-order valence-electron chi connectivity index (χ1n) is 1.62. The molecule has 0 radical (unpaired) electrons. The van der Waals surface area contributed by atoms with Crippen LogP contribution in [0.15, 0.2) is 0 Å². The average Bonchev–Trinajstić information content (AvgIpc) is 1.37. The Balaban J connectivity index is 1.97. The fourth-order valence-electron chi connectivity index (χ4n) is 0. The van der Waals surface area contributed by atoms with Gasteiger partial charge in [-0.05, 0) is 0 Å². The molecule has 24 valence electrons. The Hall–Kier alpha value is 0.492. The first-order chi connectivity index (χ1) is 1.91. The zero-order valence-electron chi connectivity index (χ0n) is 2.99. The van der Waals surface area contributed by atoms with E-state index in [2.05, 4.69) is 6.92 Å². The molecule has 0 spiro atoms. The molecule has 0 saturated carbocycles. The summed E-state index contributed by atoms with van der Waals surface area (Å²) in [6, 6.07) is 0. The van der Waals surface area contributed by atoms with E-state index < -0.39 is 0 Å². The molecular weight excluding hydrogens is 65.0 g/mol. The molecule has 0 aliphatic carbocycles. The van der Waals surface area contributed by atoms with Gasteiger partial charge in [-0.25, -0.2) is 0 Å². The maximum Gasteiger partial charge on any atom is 0.341 e. The minimum absolute atomic E-state index is 0.0756. The molecule has 0 bridgehead atoms. The van der Waals surface area contributed by atoms with E-state index >= 15 is 0 Å². The highest BCUT2D eigenvalue weighted by molar-refractivity contribution is 6.30. The standard InChI is InChI=1S/C2H5.Al.H2N.H/c1-2;;;/h1H2,2H3;;1H2;/q;+1;-1;. The third kappa shape index (κ3) is 2.49. The predicted octanol–water partition coefficient (Wildman–Crippen LogP) is -0.265. The summed E-state index contributed by atoms with van der Waals surface area (Å²) in [5.74, 6) is 0. The predicted molar refractivity (Wildman–Crippen MR) is 21.8 cm³/mol. The molecular formula is C2H8AlN. The lowest BCUT2D eigenvalue weighted by molar-refractivity contribution is 1.44. The van der Waals surface area contributed by atoms with Gasteiger partial charge in [-0.3, -0.25) is 0 Å². The lowest BCUT2D eigenvalue weighted by Crippen LogP contribution is -1.99. The smallest absolute Gasteiger partial charge is 0.341 e. The summed E-state index contributed by atoms with van der Waals surface area (Å²) in [6.07, 6.45) is 0. The van der Waals surface area contributed by atoms with E-state index in [0.29, 0.717) is 0 Å². The molecule has 2 heteroatoms. The summed E-state index contributed by atoms with van der Waals surface area (Å²) < 4.78 is 5.17. The van der Waals surface area contributed by atoms with E-state index in [1.165, 1.54) is 5.28 Å². The van der Waals surface area contributed by atoms with Crippen molar-refractivity contribution < 1.29 is 0 Å². The molecule has 1 nitrogen and oxygen atoms in total. The van der Waals surface area contributed by atoms with Crippen molar-refractivity contribution in [3.63, 3.8) is 0 Å². The van der Waals surface area contributed by atoms with Crippen molar-refractivity contribution in [3.05, 3.63) is 0 Å². The van der Waals surface area contributed by atoms with Gasteiger partial charge < -0.3 is 4.72 Å². The van der Waals surface area contributed by atoms with Crippen LogP contribution in [0.25, 0.3) is 0 Å². The summed E-state index contributed by atoms with van der Waals surface area (Å²) in [5.41, 5.74) is 0. The molecule has 2 N–H and O–H groups in total. The summed E-state index contributed by atoms with van der Waals surface area (Å²) in [4.78, 5) is 0. The van der Waals surface area contributed by atoms with Gasteiger partial charge in [0.1, 0.15) is 0 Å². The Labute approximate surface area is 33.1 Å². The first-order valence-corrected chi connectivity index (χ1v) is 3.43. The Morgan fingerprint density at radius 3 is 2.25 bits per heavy atom. The second kappa shape index (κ2) is 3.49. The van der Waals surface area contributed by atoms with Crippen LogP contribution in [0.3, 0.4) is 0 Å². The lowest BCUT2D eigenvalue weighted by atomic mass is 11.0. The van der Waals surface area contributed by atoms with E-state index in [1.54, 1.807) is 0 Å². The number of rotatable bonds is 1. The summed E-state index contributed by atoms with van der Waals surface area (Å²) >= 11 is -0.0756. The maximum atomic E-state index is 5.17. The van der Waals surface area contributed by atoms with Gasteiger partial charge >= 0.3 is 15.4 Å². The van der Waals surface area contributed by atoms with Crippen LogP contribution in [-0.4, -0.2) is 15.4 Å². The lowest BCUT2D eigenvalue weighted by Gasteiger charge is -1.62. The summed E-state index contributed by atoms with van der Waals surface area (Å²) in [5, 5.41) is 1.24. The minimum Gasteiger partial charge on any atom is -0.415 e. The molecule has 0 aromatic rings. The Bertz CT molecular complexity index is 8.00. The third-order valence-electron chi connectivity index (χ3n) is 0.289. The van der Waals surface area contributed by atoms with Crippen molar-refractivity contribution in [2.24, 2.45) is 4.72 Å². The van der Waals surface area contributed by atoms with Gasteiger partial charge in [-0.15, -0.1) is 0 Å². The van der Waals surface area contributed by atoms with Gasteiger partial charge in [0.15, 0.2) is 0 Å². The molecule has 0 heterocycles. The largest absolute Gasteiger partial charge is 0.415 e. The molecule has 4 heavy (non-hydrogen) atoms. The maximum absolute atomic E-state index is 5.17. The van der Waals surface area contributed by atoms with E-state index in [0.717, 1.165) is 0 Å². The highest BCUT2D eigenvalue weighted by atomic mass is 27.1. The average molecular weight is 73.1 g/mol. The van der Waals surface area contributed by atoms with Gasteiger partial charge in [0.25, 0.3) is 0 Å². The molecule has 0 aromatic heterocycles. The molecule has 0 aromatic carbocycles. The van der Waals surface area contributed by atoms with E-state index in [1.807, 2.05) is 0 Å². The number of nitrogens with two attached hydrogens (primary N) is 1. The van der Waals surface area contributed by atoms with Crippen LogP contribution in [0.2, 0.25) is 5.28 Å². The van der Waals surface area contributed by atoms with Crippen molar-refractivity contribution >= 4 is 15.4 Å². The van der Waals surface area contributed by atoms with Crippen molar-refractivity contribution in [1.82, 2.24) is 0 Å². The van der Waals surface area contributed by atoms with Crippen LogP contribution in [0, 0.1) is 0 Å². The van der Waals surface area contributed by atoms with Gasteiger partial charge in [0, 0.05) is 0 Å². The molecule has 0 aliphatic heterocycles. The molecule has 0 unspecified atom stereocenters. The monoisotopic (exact) mass is 73.0 g/mol. The Morgan fingerprint density at radius 2 is 2.25 bits per heavy atom. The van der Waals surface area contributed by atoms with Gasteiger partial charge in [0.2, 0.25) is 0 Å². The minimum atomic E-state index is -0.0756. The molecule has 0 fully saturated rings. The van der Waals surface area contributed by atoms with Gasteiger partial charge in [-0.1, -0.05) is 12.2 Å². The highest BCUT2D eigenvalue weighted by Crippen LogP contribution is 1.56. The van der Waals surface area contributed by atoms with Crippen LogP contribution < -0.4 is 4.72 Å². The van der Waals surface area contributed by atoms with Crippen LogP contribution in [-0.2, 0) is 0 Å². The van der Waals surface area contributed by atoms with E-state index in [-0.39, 0.29) is 15.4 Å². The van der Waals surface area contributed by atoms with Crippen molar-refractivity contribution in [3.8, 4) is 0 Å². The third-order valence-corrected chi connectivity index (χ3v) is 0.866. The normalized spacial score (nSPS) is 6.50. The molecule has 0 amide bonds. The Morgan fingerprint density at radius 1 is 2.00 bits per heavy atom. The molecule has 0 saturated heterocycles. The van der Waals surface area contributed by atoms with E-state index in [9.17, 15) is 0 Å². The zero-order valence-corrected chi connectivity index (χ0v) is 4.41. The number of hydrogen-bond donors (Lipinski definition) is 1. The second-order valence-corrected chi connectivity index (χ2v) is 2.37. The van der Waals surface area contributed by atoms with Gasteiger partial charge in [0.05, 0.1) is 0 Å². The zero-order chi connectivity index (χ0) is 3.41. The summed E-state index contributed by atoms with van der Waals surface area (Å²) in [7, 11) is 0. The van der Waals surface area contributed by atoms with Crippen LogP contribution in [0.4, 0.5) is 0 Å². The SMILES string of the molecule is C[CH2][AlH][NH2]. The van der Waals surface area contributed by atoms with Crippen LogP contribution in [0.5, 0.6) is 0 Å². The first kappa shape index (κ1) is 4.49. The molecule has 0 aliphatic rings. The molecule has 0 atom stereocenters. The van der Waals surface area contributed by atoms with Crippen molar-refractivity contribution in [2.45, 2.75) is 12.2 Å². The Kier molecular flexibility index (Phi) is 3.92. The molecule has 0 rings (SSSR count). The quantitative estimate of drug-likeness (QED) is 0.425. The van der Waals surface area contributed by atoms with Gasteiger partial charge in [-0.2, -0.15) is 0 Å².